The normalized spacial score (nSPS) is 19.9. The van der Waals surface area contributed by atoms with Crippen LogP contribution in [-0.4, -0.2) is 23.1 Å². The molecule has 116 valence electrons. The third kappa shape index (κ3) is 3.73. The second kappa shape index (κ2) is 6.02. The van der Waals surface area contributed by atoms with Gasteiger partial charge in [0.2, 0.25) is 0 Å². The van der Waals surface area contributed by atoms with Gasteiger partial charge in [-0.3, -0.25) is 10.1 Å². The largest absolute Gasteiger partial charge is 0.389 e. The number of rotatable bonds is 3. The molecule has 1 fully saturated rings. The van der Waals surface area contributed by atoms with E-state index in [1.54, 1.807) is 19.1 Å². The monoisotopic (exact) mass is 292 g/mol. The van der Waals surface area contributed by atoms with E-state index in [1.807, 2.05) is 0 Å². The Hall–Kier alpha value is -1.62. The van der Waals surface area contributed by atoms with Crippen molar-refractivity contribution in [3.63, 3.8) is 0 Å². The first-order valence-corrected chi connectivity index (χ1v) is 7.51. The predicted molar refractivity (Wildman–Crippen MR) is 83.6 cm³/mol. The lowest BCUT2D eigenvalue weighted by atomic mass is 9.85. The summed E-state index contributed by atoms with van der Waals surface area (Å²) in [5.74, 6) is 0. The van der Waals surface area contributed by atoms with Crippen molar-refractivity contribution in [2.45, 2.75) is 46.1 Å². The molecule has 1 saturated heterocycles. The molecule has 0 aliphatic carbocycles. The Labute approximate surface area is 125 Å². The summed E-state index contributed by atoms with van der Waals surface area (Å²) in [4.78, 5) is 13.1. The molecule has 0 spiro atoms. The lowest BCUT2D eigenvalue weighted by Crippen LogP contribution is -2.25. The number of nitrogens with zero attached hydrogens (tertiary/aromatic N) is 2. The molecule has 5 heteroatoms. The van der Waals surface area contributed by atoms with Gasteiger partial charge in [-0.1, -0.05) is 19.9 Å². The van der Waals surface area contributed by atoms with Crippen LogP contribution >= 0.6 is 0 Å². The van der Waals surface area contributed by atoms with Gasteiger partial charge in [-0.15, -0.1) is 0 Å². The first-order valence-electron chi connectivity index (χ1n) is 7.51. The molecule has 2 rings (SSSR count). The zero-order valence-corrected chi connectivity index (χ0v) is 13.0. The molecule has 21 heavy (non-hydrogen) atoms. The average Bonchev–Trinajstić information content (AvgIpc) is 2.59. The van der Waals surface area contributed by atoms with E-state index in [0.717, 1.165) is 32.4 Å². The summed E-state index contributed by atoms with van der Waals surface area (Å²) in [6.07, 6.45) is 2.52. The van der Waals surface area contributed by atoms with E-state index in [0.29, 0.717) is 16.7 Å². The van der Waals surface area contributed by atoms with E-state index in [2.05, 4.69) is 18.7 Å². The summed E-state index contributed by atoms with van der Waals surface area (Å²) in [5.41, 5.74) is 1.64. The number of nitro benzene ring substituents is 1. The number of anilines is 1. The van der Waals surface area contributed by atoms with Gasteiger partial charge in [0.05, 0.1) is 11.0 Å². The highest BCUT2D eigenvalue weighted by molar-refractivity contribution is 5.64. The summed E-state index contributed by atoms with van der Waals surface area (Å²) in [7, 11) is 0. The maximum Gasteiger partial charge on any atom is 0.292 e. The minimum atomic E-state index is -0.694. The fourth-order valence-electron chi connectivity index (χ4n) is 2.88. The maximum absolute atomic E-state index is 11.3. The van der Waals surface area contributed by atoms with Gasteiger partial charge in [0.1, 0.15) is 5.69 Å². The molecule has 0 bridgehead atoms. The molecule has 1 aliphatic heterocycles. The van der Waals surface area contributed by atoms with Crippen LogP contribution in [0.4, 0.5) is 11.4 Å². The van der Waals surface area contributed by atoms with E-state index in [4.69, 9.17) is 0 Å². The molecule has 0 unspecified atom stereocenters. The van der Waals surface area contributed by atoms with Crippen molar-refractivity contribution >= 4 is 11.4 Å². The third-order valence-corrected chi connectivity index (χ3v) is 4.36. The third-order valence-electron chi connectivity index (χ3n) is 4.36. The highest BCUT2D eigenvalue weighted by Crippen LogP contribution is 2.36. The number of nitro groups is 1. The first-order chi connectivity index (χ1) is 9.80. The Morgan fingerprint density at radius 3 is 2.67 bits per heavy atom. The molecule has 0 aromatic heterocycles. The van der Waals surface area contributed by atoms with Crippen molar-refractivity contribution in [1.82, 2.24) is 0 Å². The number of aliphatic hydroxyl groups excluding tert-OH is 1. The van der Waals surface area contributed by atoms with Crippen LogP contribution in [0.1, 0.15) is 51.7 Å². The zero-order chi connectivity index (χ0) is 15.6. The lowest BCUT2D eigenvalue weighted by molar-refractivity contribution is -0.384. The number of benzene rings is 1. The van der Waals surface area contributed by atoms with Crippen LogP contribution in [0.15, 0.2) is 18.2 Å². The maximum atomic E-state index is 11.3. The van der Waals surface area contributed by atoms with Gasteiger partial charge in [0, 0.05) is 19.2 Å². The smallest absolute Gasteiger partial charge is 0.292 e. The molecule has 0 amide bonds. The average molecular weight is 292 g/mol. The zero-order valence-electron chi connectivity index (χ0n) is 13.0. The number of hydrogen-bond acceptors (Lipinski definition) is 4. The molecule has 1 aromatic carbocycles. The molecule has 1 heterocycles. The number of aliphatic hydroxyl groups is 1. The van der Waals surface area contributed by atoms with Crippen LogP contribution < -0.4 is 4.90 Å². The molecule has 0 saturated carbocycles. The highest BCUT2D eigenvalue weighted by atomic mass is 16.6. The van der Waals surface area contributed by atoms with Crippen molar-refractivity contribution < 1.29 is 10.0 Å². The Bertz CT molecular complexity index is 526. The van der Waals surface area contributed by atoms with Gasteiger partial charge >= 0.3 is 0 Å². The van der Waals surface area contributed by atoms with Gasteiger partial charge in [-0.25, -0.2) is 0 Å². The van der Waals surface area contributed by atoms with E-state index < -0.39 is 6.10 Å². The van der Waals surface area contributed by atoms with Gasteiger partial charge in [-0.2, -0.15) is 0 Å². The summed E-state index contributed by atoms with van der Waals surface area (Å²) < 4.78 is 0. The lowest BCUT2D eigenvalue weighted by Gasteiger charge is -2.25. The fraction of sp³-hybridized carbons (Fsp3) is 0.625. The summed E-state index contributed by atoms with van der Waals surface area (Å²) in [6, 6.07) is 5.05. The Balaban J connectivity index is 2.32. The summed E-state index contributed by atoms with van der Waals surface area (Å²) in [5, 5.41) is 21.0. The molecule has 1 N–H and O–H groups in total. The van der Waals surface area contributed by atoms with Crippen LogP contribution in [0.5, 0.6) is 0 Å². The molecular formula is C16H24N2O3. The number of hydrogen-bond donors (Lipinski definition) is 1. The quantitative estimate of drug-likeness (QED) is 0.682. The highest BCUT2D eigenvalue weighted by Gasteiger charge is 2.27. The molecule has 1 atom stereocenters. The molecule has 1 aliphatic rings. The van der Waals surface area contributed by atoms with Crippen molar-refractivity contribution in [3.8, 4) is 0 Å². The van der Waals surface area contributed by atoms with Crippen molar-refractivity contribution in [2.75, 3.05) is 18.0 Å². The van der Waals surface area contributed by atoms with Crippen LogP contribution in [0, 0.1) is 15.5 Å². The Morgan fingerprint density at radius 1 is 1.33 bits per heavy atom. The second-order valence-corrected chi connectivity index (χ2v) is 6.69. The summed E-state index contributed by atoms with van der Waals surface area (Å²) in [6.45, 7) is 7.80. The standard InChI is InChI=1S/C16H24N2O3/c1-12(19)13-5-6-14(15(11-13)18(20)21)17-9-4-7-16(2,3)8-10-17/h5-6,11-12,19H,4,7-10H2,1-3H3/t12-/m0/s1. The Kier molecular flexibility index (Phi) is 4.52. The fourth-order valence-corrected chi connectivity index (χ4v) is 2.88. The van der Waals surface area contributed by atoms with Crippen LogP contribution in [0.2, 0.25) is 0 Å². The topological polar surface area (TPSA) is 66.6 Å². The van der Waals surface area contributed by atoms with Crippen molar-refractivity contribution in [1.29, 1.82) is 0 Å². The van der Waals surface area contributed by atoms with Gasteiger partial charge < -0.3 is 10.0 Å². The van der Waals surface area contributed by atoms with E-state index in [-0.39, 0.29) is 10.6 Å². The van der Waals surface area contributed by atoms with Gasteiger partial charge in [0.25, 0.3) is 5.69 Å². The minimum absolute atomic E-state index is 0.0908. The minimum Gasteiger partial charge on any atom is -0.389 e. The second-order valence-electron chi connectivity index (χ2n) is 6.69. The van der Waals surface area contributed by atoms with Gasteiger partial charge in [-0.05, 0) is 43.2 Å². The first kappa shape index (κ1) is 15.8. The Morgan fingerprint density at radius 2 is 2.05 bits per heavy atom. The molecule has 1 aromatic rings. The summed E-state index contributed by atoms with van der Waals surface area (Å²) >= 11 is 0. The van der Waals surface area contributed by atoms with Crippen LogP contribution in [0.3, 0.4) is 0 Å². The predicted octanol–water partition coefficient (Wildman–Crippen LogP) is 3.66. The van der Waals surface area contributed by atoms with Crippen molar-refractivity contribution in [2.24, 2.45) is 5.41 Å². The van der Waals surface area contributed by atoms with Gasteiger partial charge in [0.15, 0.2) is 0 Å². The van der Waals surface area contributed by atoms with E-state index in [9.17, 15) is 15.2 Å². The van der Waals surface area contributed by atoms with Crippen LogP contribution in [-0.2, 0) is 0 Å². The molecular weight excluding hydrogens is 268 g/mol. The molecule has 0 radical (unpaired) electrons. The van der Waals surface area contributed by atoms with Crippen molar-refractivity contribution in [3.05, 3.63) is 33.9 Å². The van der Waals surface area contributed by atoms with E-state index in [1.165, 1.54) is 6.07 Å². The molecule has 5 nitrogen and oxygen atoms in total. The van der Waals surface area contributed by atoms with E-state index >= 15 is 0 Å². The van der Waals surface area contributed by atoms with Crippen LogP contribution in [0.25, 0.3) is 0 Å². The SMILES string of the molecule is C[C@H](O)c1ccc(N2CCCC(C)(C)CC2)c([N+](=O)[O-])c1.